The lowest BCUT2D eigenvalue weighted by molar-refractivity contribution is -0.419. The zero-order valence-corrected chi connectivity index (χ0v) is 6.06. The van der Waals surface area contributed by atoms with Crippen LogP contribution in [0.3, 0.4) is 0 Å². The van der Waals surface area contributed by atoms with Crippen molar-refractivity contribution in [1.82, 2.24) is 0 Å². The monoisotopic (exact) mass is 154 g/mol. The van der Waals surface area contributed by atoms with Gasteiger partial charge in [0, 0.05) is 18.7 Å². The average molecular weight is 154 g/mol. The minimum absolute atomic E-state index is 0.00884. The first-order chi connectivity index (χ1) is 5.22. The summed E-state index contributed by atoms with van der Waals surface area (Å²) in [6.45, 7) is 3.64. The zero-order valence-electron chi connectivity index (χ0n) is 6.06. The van der Waals surface area contributed by atoms with Crippen LogP contribution >= 0.6 is 0 Å². The lowest BCUT2D eigenvalue weighted by Crippen LogP contribution is -1.97. The summed E-state index contributed by atoms with van der Waals surface area (Å²) in [5.41, 5.74) is 5.10. The van der Waals surface area contributed by atoms with Crippen molar-refractivity contribution in [1.29, 1.82) is 0 Å². The molecule has 0 aliphatic heterocycles. The van der Waals surface area contributed by atoms with Crippen LogP contribution in [0.15, 0.2) is 36.6 Å². The zero-order chi connectivity index (χ0) is 8.69. The summed E-state index contributed by atoms with van der Waals surface area (Å²) in [7, 11) is 0. The maximum atomic E-state index is 10.2. The Morgan fingerprint density at radius 1 is 1.73 bits per heavy atom. The smallest absolute Gasteiger partial charge is 0.269 e. The van der Waals surface area contributed by atoms with Gasteiger partial charge < -0.3 is 5.73 Å². The van der Waals surface area contributed by atoms with E-state index in [9.17, 15) is 10.1 Å². The van der Waals surface area contributed by atoms with E-state index >= 15 is 0 Å². The van der Waals surface area contributed by atoms with Crippen LogP contribution < -0.4 is 5.73 Å². The SMILES string of the molecule is C=C/C=C(\C=C/CN)[N+](=O)[O-]. The predicted octanol–water partition coefficient (Wildman–Crippen LogP) is 0.848. The van der Waals surface area contributed by atoms with Crippen molar-refractivity contribution in [3.05, 3.63) is 46.7 Å². The molecule has 0 heterocycles. The van der Waals surface area contributed by atoms with E-state index in [2.05, 4.69) is 6.58 Å². The molecule has 0 spiro atoms. The van der Waals surface area contributed by atoms with Gasteiger partial charge in [0.15, 0.2) is 0 Å². The van der Waals surface area contributed by atoms with E-state index in [4.69, 9.17) is 5.73 Å². The lowest BCUT2D eigenvalue weighted by Gasteiger charge is -1.87. The van der Waals surface area contributed by atoms with Crippen LogP contribution in [0, 0.1) is 10.1 Å². The Morgan fingerprint density at radius 3 is 2.73 bits per heavy atom. The molecule has 60 valence electrons. The Morgan fingerprint density at radius 2 is 2.36 bits per heavy atom. The third kappa shape index (κ3) is 4.05. The van der Waals surface area contributed by atoms with Crippen LogP contribution in [-0.4, -0.2) is 11.5 Å². The van der Waals surface area contributed by atoms with Crippen molar-refractivity contribution in [2.24, 2.45) is 5.73 Å². The molecule has 4 heteroatoms. The summed E-state index contributed by atoms with van der Waals surface area (Å²) in [5.74, 6) is 0. The molecule has 0 fully saturated rings. The average Bonchev–Trinajstić information content (AvgIpc) is 1.97. The number of nitro groups is 1. The Labute approximate surface area is 64.9 Å². The van der Waals surface area contributed by atoms with Crippen molar-refractivity contribution in [3.63, 3.8) is 0 Å². The molecule has 0 unspecified atom stereocenters. The summed E-state index contributed by atoms with van der Waals surface area (Å²) in [6.07, 6.45) is 5.53. The molecule has 0 atom stereocenters. The molecule has 0 aliphatic rings. The number of rotatable bonds is 4. The molecule has 4 nitrogen and oxygen atoms in total. The molecule has 0 amide bonds. The quantitative estimate of drug-likeness (QED) is 0.370. The van der Waals surface area contributed by atoms with Crippen molar-refractivity contribution in [2.45, 2.75) is 0 Å². The minimum atomic E-state index is -0.492. The van der Waals surface area contributed by atoms with Crippen molar-refractivity contribution in [3.8, 4) is 0 Å². The number of hydrogen-bond acceptors (Lipinski definition) is 3. The number of nitrogens with two attached hydrogens (primary N) is 1. The number of nitrogens with zero attached hydrogens (tertiary/aromatic N) is 1. The topological polar surface area (TPSA) is 69.2 Å². The molecule has 0 aromatic carbocycles. The first-order valence-electron chi connectivity index (χ1n) is 3.06. The Hall–Kier alpha value is -1.42. The van der Waals surface area contributed by atoms with Gasteiger partial charge >= 0.3 is 0 Å². The normalized spacial score (nSPS) is 11.9. The first-order valence-corrected chi connectivity index (χ1v) is 3.06. The first kappa shape index (κ1) is 9.58. The van der Waals surface area contributed by atoms with Gasteiger partial charge in [-0.1, -0.05) is 18.7 Å². The van der Waals surface area contributed by atoms with E-state index in [0.29, 0.717) is 6.54 Å². The summed E-state index contributed by atoms with van der Waals surface area (Å²) >= 11 is 0. The van der Waals surface area contributed by atoms with Gasteiger partial charge in [0.2, 0.25) is 0 Å². The van der Waals surface area contributed by atoms with Crippen molar-refractivity contribution >= 4 is 0 Å². The molecular formula is C7H10N2O2. The van der Waals surface area contributed by atoms with Gasteiger partial charge in [0.05, 0.1) is 4.92 Å². The standard InChI is InChI=1S/C7H10N2O2/c1-2-4-7(9(10)11)5-3-6-8/h2-5H,1,6,8H2/b5-3-,7-4+. The van der Waals surface area contributed by atoms with Gasteiger partial charge in [0.1, 0.15) is 0 Å². The largest absolute Gasteiger partial charge is 0.327 e. The second-order valence-corrected chi connectivity index (χ2v) is 1.72. The van der Waals surface area contributed by atoms with Crippen molar-refractivity contribution in [2.75, 3.05) is 6.54 Å². The highest BCUT2D eigenvalue weighted by molar-refractivity contribution is 5.16. The highest BCUT2D eigenvalue weighted by Crippen LogP contribution is 1.96. The molecule has 0 radical (unpaired) electrons. The predicted molar refractivity (Wildman–Crippen MR) is 43.5 cm³/mol. The highest BCUT2D eigenvalue weighted by Gasteiger charge is 2.01. The summed E-state index contributed by atoms with van der Waals surface area (Å²) < 4.78 is 0. The Bertz CT molecular complexity index is 206. The molecule has 0 bridgehead atoms. The molecule has 0 aliphatic carbocycles. The molecule has 11 heavy (non-hydrogen) atoms. The van der Waals surface area contributed by atoms with E-state index in [1.165, 1.54) is 24.3 Å². The van der Waals surface area contributed by atoms with Gasteiger partial charge in [-0.3, -0.25) is 10.1 Å². The van der Waals surface area contributed by atoms with E-state index < -0.39 is 4.92 Å². The third-order valence-electron chi connectivity index (χ3n) is 0.924. The van der Waals surface area contributed by atoms with Crippen LogP contribution in [0.4, 0.5) is 0 Å². The second-order valence-electron chi connectivity index (χ2n) is 1.72. The van der Waals surface area contributed by atoms with E-state index in [-0.39, 0.29) is 5.70 Å². The molecular weight excluding hydrogens is 144 g/mol. The highest BCUT2D eigenvalue weighted by atomic mass is 16.6. The van der Waals surface area contributed by atoms with Crippen molar-refractivity contribution < 1.29 is 4.92 Å². The minimum Gasteiger partial charge on any atom is -0.327 e. The molecule has 0 aromatic rings. The maximum Gasteiger partial charge on any atom is 0.269 e. The van der Waals surface area contributed by atoms with Gasteiger partial charge in [-0.25, -0.2) is 0 Å². The van der Waals surface area contributed by atoms with Crippen LogP contribution in [0.2, 0.25) is 0 Å². The number of allylic oxidation sites excluding steroid dienone is 3. The van der Waals surface area contributed by atoms with E-state index in [0.717, 1.165) is 0 Å². The van der Waals surface area contributed by atoms with E-state index in [1.807, 2.05) is 0 Å². The van der Waals surface area contributed by atoms with Crippen LogP contribution in [-0.2, 0) is 0 Å². The lowest BCUT2D eigenvalue weighted by atomic mass is 10.3. The second kappa shape index (κ2) is 5.37. The van der Waals surface area contributed by atoms with Gasteiger partial charge in [-0.15, -0.1) is 0 Å². The Kier molecular flexibility index (Phi) is 4.68. The van der Waals surface area contributed by atoms with Crippen LogP contribution in [0.1, 0.15) is 0 Å². The molecule has 0 rings (SSSR count). The van der Waals surface area contributed by atoms with Gasteiger partial charge in [-0.05, 0) is 0 Å². The molecule has 2 N–H and O–H groups in total. The molecule has 0 saturated carbocycles. The summed E-state index contributed by atoms with van der Waals surface area (Å²) in [5, 5.41) is 10.2. The third-order valence-corrected chi connectivity index (χ3v) is 0.924. The van der Waals surface area contributed by atoms with E-state index in [1.54, 1.807) is 0 Å². The Balaban J connectivity index is 4.35. The fraction of sp³-hybridized carbons (Fsp3) is 0.143. The van der Waals surface area contributed by atoms with Crippen LogP contribution in [0.25, 0.3) is 0 Å². The maximum absolute atomic E-state index is 10.2. The van der Waals surface area contributed by atoms with Crippen LogP contribution in [0.5, 0.6) is 0 Å². The van der Waals surface area contributed by atoms with Gasteiger partial charge in [0.25, 0.3) is 5.70 Å². The molecule has 0 saturated heterocycles. The van der Waals surface area contributed by atoms with Gasteiger partial charge in [-0.2, -0.15) is 0 Å². The fourth-order valence-electron chi connectivity index (χ4n) is 0.487. The summed E-state index contributed by atoms with van der Waals surface area (Å²) in [4.78, 5) is 9.70. The fourth-order valence-corrected chi connectivity index (χ4v) is 0.487. The number of hydrogen-bond donors (Lipinski definition) is 1. The summed E-state index contributed by atoms with van der Waals surface area (Å²) in [6, 6.07) is 0. The molecule has 0 aromatic heterocycles.